The van der Waals surface area contributed by atoms with Crippen LogP contribution in [0.4, 0.5) is 10.9 Å². The van der Waals surface area contributed by atoms with Crippen molar-refractivity contribution in [2.45, 2.75) is 6.92 Å². The SMILES string of the molecule is COc1ccc2nc(Nc3cc(C)c(Br)cn3)sc2c1. The number of nitrogens with zero attached hydrogens (tertiary/aromatic N) is 2. The van der Waals surface area contributed by atoms with E-state index in [0.29, 0.717) is 0 Å². The summed E-state index contributed by atoms with van der Waals surface area (Å²) in [6, 6.07) is 7.83. The standard InChI is InChI=1S/C14H12BrN3OS/c1-8-5-13(16-7-10(8)15)18-14-17-11-4-3-9(19-2)6-12(11)20-14/h3-7H,1-2H3,(H,16,17,18). The van der Waals surface area contributed by atoms with Gasteiger partial charge in [-0.15, -0.1) is 0 Å². The van der Waals surface area contributed by atoms with Crippen LogP contribution >= 0.6 is 27.3 Å². The fourth-order valence-electron chi connectivity index (χ4n) is 1.80. The van der Waals surface area contributed by atoms with E-state index in [0.717, 1.165) is 37.0 Å². The number of halogens is 1. The van der Waals surface area contributed by atoms with Gasteiger partial charge >= 0.3 is 0 Å². The van der Waals surface area contributed by atoms with Gasteiger partial charge in [0.05, 0.1) is 17.3 Å². The summed E-state index contributed by atoms with van der Waals surface area (Å²) in [5.74, 6) is 1.63. The average Bonchev–Trinajstić information content (AvgIpc) is 2.84. The topological polar surface area (TPSA) is 47.0 Å². The molecule has 2 aromatic heterocycles. The molecule has 102 valence electrons. The van der Waals surface area contributed by atoms with Crippen molar-refractivity contribution in [2.75, 3.05) is 12.4 Å². The molecule has 0 atom stereocenters. The number of nitrogens with one attached hydrogen (secondary N) is 1. The van der Waals surface area contributed by atoms with Crippen molar-refractivity contribution < 1.29 is 4.74 Å². The molecule has 0 amide bonds. The van der Waals surface area contributed by atoms with Gasteiger partial charge in [0.1, 0.15) is 11.6 Å². The van der Waals surface area contributed by atoms with E-state index in [2.05, 4.69) is 31.2 Å². The average molecular weight is 350 g/mol. The number of fused-ring (bicyclic) bond motifs is 1. The molecular formula is C14H12BrN3OS. The number of benzene rings is 1. The molecule has 0 spiro atoms. The number of hydrogen-bond acceptors (Lipinski definition) is 5. The van der Waals surface area contributed by atoms with Crippen molar-refractivity contribution in [3.63, 3.8) is 0 Å². The third-order valence-electron chi connectivity index (χ3n) is 2.88. The number of aromatic nitrogens is 2. The normalized spacial score (nSPS) is 10.8. The molecule has 1 N–H and O–H groups in total. The van der Waals surface area contributed by atoms with Gasteiger partial charge in [-0.25, -0.2) is 9.97 Å². The van der Waals surface area contributed by atoms with Crippen LogP contribution in [0.2, 0.25) is 0 Å². The lowest BCUT2D eigenvalue weighted by atomic mass is 10.3. The Bertz CT molecular complexity index is 772. The highest BCUT2D eigenvalue weighted by Crippen LogP contribution is 2.31. The maximum absolute atomic E-state index is 5.22. The molecule has 3 aromatic rings. The second-order valence-electron chi connectivity index (χ2n) is 4.30. The van der Waals surface area contributed by atoms with E-state index in [4.69, 9.17) is 4.74 Å². The molecule has 0 bridgehead atoms. The molecule has 0 aliphatic carbocycles. The van der Waals surface area contributed by atoms with Crippen LogP contribution in [-0.4, -0.2) is 17.1 Å². The first-order chi connectivity index (χ1) is 9.65. The molecule has 4 nitrogen and oxygen atoms in total. The molecule has 0 fully saturated rings. The molecular weight excluding hydrogens is 338 g/mol. The van der Waals surface area contributed by atoms with Crippen LogP contribution in [0, 0.1) is 6.92 Å². The molecule has 20 heavy (non-hydrogen) atoms. The minimum Gasteiger partial charge on any atom is -0.497 e. The summed E-state index contributed by atoms with van der Waals surface area (Å²) in [4.78, 5) is 8.86. The van der Waals surface area contributed by atoms with Gasteiger partial charge in [0, 0.05) is 10.7 Å². The lowest BCUT2D eigenvalue weighted by Crippen LogP contribution is -1.93. The Morgan fingerprint density at radius 2 is 2.15 bits per heavy atom. The predicted molar refractivity (Wildman–Crippen MR) is 86.1 cm³/mol. The summed E-state index contributed by atoms with van der Waals surface area (Å²) in [6.45, 7) is 2.03. The highest BCUT2D eigenvalue weighted by atomic mass is 79.9. The first-order valence-corrected chi connectivity index (χ1v) is 7.60. The van der Waals surface area contributed by atoms with Gasteiger partial charge in [-0.05, 0) is 52.7 Å². The van der Waals surface area contributed by atoms with E-state index < -0.39 is 0 Å². The van der Waals surface area contributed by atoms with Crippen molar-refractivity contribution in [1.82, 2.24) is 9.97 Å². The van der Waals surface area contributed by atoms with E-state index in [-0.39, 0.29) is 0 Å². The number of anilines is 2. The van der Waals surface area contributed by atoms with Crippen molar-refractivity contribution in [2.24, 2.45) is 0 Å². The Kier molecular flexibility index (Phi) is 3.58. The number of pyridine rings is 1. The summed E-state index contributed by atoms with van der Waals surface area (Å²) in [5, 5.41) is 4.06. The fourth-order valence-corrected chi connectivity index (χ4v) is 2.92. The largest absolute Gasteiger partial charge is 0.497 e. The lowest BCUT2D eigenvalue weighted by molar-refractivity contribution is 0.415. The van der Waals surface area contributed by atoms with E-state index >= 15 is 0 Å². The minimum absolute atomic E-state index is 0.789. The minimum atomic E-state index is 0.789. The summed E-state index contributed by atoms with van der Waals surface area (Å²) < 4.78 is 7.30. The quantitative estimate of drug-likeness (QED) is 0.755. The highest BCUT2D eigenvalue weighted by molar-refractivity contribution is 9.10. The van der Waals surface area contributed by atoms with E-state index in [1.54, 1.807) is 24.6 Å². The van der Waals surface area contributed by atoms with Gasteiger partial charge in [-0.3, -0.25) is 0 Å². The van der Waals surface area contributed by atoms with Crippen LogP contribution in [0.25, 0.3) is 10.2 Å². The molecule has 6 heteroatoms. The monoisotopic (exact) mass is 349 g/mol. The van der Waals surface area contributed by atoms with Crippen molar-refractivity contribution in [3.8, 4) is 5.75 Å². The van der Waals surface area contributed by atoms with Crippen LogP contribution in [0.5, 0.6) is 5.75 Å². The number of hydrogen-bond donors (Lipinski definition) is 1. The summed E-state index contributed by atoms with van der Waals surface area (Å²) in [7, 11) is 1.66. The second-order valence-corrected chi connectivity index (χ2v) is 6.18. The third kappa shape index (κ3) is 2.62. The van der Waals surface area contributed by atoms with Gasteiger partial charge in [-0.1, -0.05) is 11.3 Å². The summed E-state index contributed by atoms with van der Waals surface area (Å²) in [5.41, 5.74) is 2.08. The Labute approximate surface area is 129 Å². The Hall–Kier alpha value is -1.66. The van der Waals surface area contributed by atoms with Crippen molar-refractivity contribution in [3.05, 3.63) is 40.5 Å². The van der Waals surface area contributed by atoms with Gasteiger partial charge < -0.3 is 10.1 Å². The van der Waals surface area contributed by atoms with Gasteiger partial charge in [0.15, 0.2) is 5.13 Å². The second kappa shape index (κ2) is 5.38. The smallest absolute Gasteiger partial charge is 0.189 e. The third-order valence-corrected chi connectivity index (χ3v) is 4.64. The van der Waals surface area contributed by atoms with Crippen LogP contribution in [-0.2, 0) is 0 Å². The molecule has 2 heterocycles. The zero-order chi connectivity index (χ0) is 14.1. The van der Waals surface area contributed by atoms with Crippen LogP contribution in [0.15, 0.2) is 34.9 Å². The summed E-state index contributed by atoms with van der Waals surface area (Å²) >= 11 is 5.02. The molecule has 0 saturated heterocycles. The Morgan fingerprint density at radius 3 is 2.90 bits per heavy atom. The molecule has 0 saturated carbocycles. The molecule has 3 rings (SSSR count). The number of methoxy groups -OCH3 is 1. The lowest BCUT2D eigenvalue weighted by Gasteiger charge is -2.03. The fraction of sp³-hybridized carbons (Fsp3) is 0.143. The van der Waals surface area contributed by atoms with Gasteiger partial charge in [0.2, 0.25) is 0 Å². The first kappa shape index (κ1) is 13.3. The number of aryl methyl sites for hydroxylation is 1. The van der Waals surface area contributed by atoms with Crippen molar-refractivity contribution >= 4 is 48.4 Å². The number of ether oxygens (including phenoxy) is 1. The predicted octanol–water partition coefficient (Wildman–Crippen LogP) is 4.51. The van der Waals surface area contributed by atoms with Crippen LogP contribution in [0.3, 0.4) is 0 Å². The Balaban J connectivity index is 1.92. The summed E-state index contributed by atoms with van der Waals surface area (Å²) in [6.07, 6.45) is 1.79. The van der Waals surface area contributed by atoms with E-state index in [9.17, 15) is 0 Å². The number of rotatable bonds is 3. The van der Waals surface area contributed by atoms with E-state index in [1.807, 2.05) is 31.2 Å². The zero-order valence-corrected chi connectivity index (χ0v) is 13.4. The number of thiazole rings is 1. The molecule has 0 unspecified atom stereocenters. The molecule has 0 aliphatic heterocycles. The van der Waals surface area contributed by atoms with Crippen LogP contribution in [0.1, 0.15) is 5.56 Å². The molecule has 0 aliphatic rings. The van der Waals surface area contributed by atoms with Gasteiger partial charge in [0.25, 0.3) is 0 Å². The van der Waals surface area contributed by atoms with Crippen LogP contribution < -0.4 is 10.1 Å². The zero-order valence-electron chi connectivity index (χ0n) is 11.0. The van der Waals surface area contributed by atoms with Gasteiger partial charge in [-0.2, -0.15) is 0 Å². The molecule has 1 aromatic carbocycles. The maximum Gasteiger partial charge on any atom is 0.189 e. The Morgan fingerprint density at radius 1 is 1.30 bits per heavy atom. The first-order valence-electron chi connectivity index (χ1n) is 5.99. The maximum atomic E-state index is 5.22. The highest BCUT2D eigenvalue weighted by Gasteiger charge is 2.06. The van der Waals surface area contributed by atoms with Crippen molar-refractivity contribution in [1.29, 1.82) is 0 Å². The molecule has 0 radical (unpaired) electrons. The van der Waals surface area contributed by atoms with E-state index in [1.165, 1.54) is 0 Å².